The second-order valence-electron chi connectivity index (χ2n) is 5.64. The molecule has 1 fully saturated rings. The van der Waals surface area contributed by atoms with Crippen LogP contribution in [0.4, 0.5) is 5.82 Å². The Bertz CT molecular complexity index is 424. The van der Waals surface area contributed by atoms with E-state index in [1.165, 1.54) is 17.8 Å². The number of aryl methyl sites for hydroxylation is 2. The van der Waals surface area contributed by atoms with Crippen LogP contribution in [-0.2, 0) is 13.6 Å². The second-order valence-corrected chi connectivity index (χ2v) is 5.64. The molecular weight excluding hydrogens is 238 g/mol. The standard InChI is InChI=1S/C14H27N5/c1-6-15-9-13-11(2)16-18(5)14(13)19-8-7-12(10-19)17(3)4/h12,15H,6-10H2,1-5H3. The highest BCUT2D eigenvalue weighted by Gasteiger charge is 2.28. The van der Waals surface area contributed by atoms with E-state index in [2.05, 4.69) is 55.2 Å². The number of rotatable bonds is 5. The summed E-state index contributed by atoms with van der Waals surface area (Å²) in [6.45, 7) is 8.38. The van der Waals surface area contributed by atoms with Gasteiger partial charge in [-0.3, -0.25) is 4.68 Å². The molecule has 0 radical (unpaired) electrons. The first kappa shape index (κ1) is 14.3. The molecule has 0 amide bonds. The number of hydrogen-bond acceptors (Lipinski definition) is 4. The number of likely N-dealkylation sites (N-methyl/N-ethyl adjacent to an activating group) is 1. The zero-order chi connectivity index (χ0) is 14.0. The van der Waals surface area contributed by atoms with Gasteiger partial charge in [0.15, 0.2) is 0 Å². The molecular formula is C14H27N5. The average Bonchev–Trinajstić information content (AvgIpc) is 2.91. The topological polar surface area (TPSA) is 36.3 Å². The van der Waals surface area contributed by atoms with Crippen molar-refractivity contribution in [2.75, 3.05) is 38.6 Å². The first-order valence-electron chi connectivity index (χ1n) is 7.19. The highest BCUT2D eigenvalue weighted by Crippen LogP contribution is 2.27. The molecule has 0 aromatic carbocycles. The molecule has 1 aliphatic rings. The average molecular weight is 265 g/mol. The van der Waals surface area contributed by atoms with Gasteiger partial charge < -0.3 is 15.1 Å². The quantitative estimate of drug-likeness (QED) is 0.861. The predicted octanol–water partition coefficient (Wildman–Crippen LogP) is 0.978. The van der Waals surface area contributed by atoms with Crippen LogP contribution in [0.25, 0.3) is 0 Å². The van der Waals surface area contributed by atoms with E-state index < -0.39 is 0 Å². The SMILES string of the molecule is CCNCc1c(C)nn(C)c1N1CCC(N(C)C)C1. The third kappa shape index (κ3) is 2.92. The van der Waals surface area contributed by atoms with Crippen LogP contribution in [0.15, 0.2) is 0 Å². The summed E-state index contributed by atoms with van der Waals surface area (Å²) in [6.07, 6.45) is 1.23. The van der Waals surface area contributed by atoms with Gasteiger partial charge in [0, 0.05) is 38.3 Å². The van der Waals surface area contributed by atoms with Gasteiger partial charge in [-0.05, 0) is 34.0 Å². The first-order valence-corrected chi connectivity index (χ1v) is 7.19. The van der Waals surface area contributed by atoms with Crippen molar-refractivity contribution in [2.24, 2.45) is 7.05 Å². The van der Waals surface area contributed by atoms with Crippen LogP contribution in [0.1, 0.15) is 24.6 Å². The van der Waals surface area contributed by atoms with Crippen LogP contribution in [0.5, 0.6) is 0 Å². The van der Waals surface area contributed by atoms with Crippen molar-refractivity contribution in [1.82, 2.24) is 20.0 Å². The van der Waals surface area contributed by atoms with Crippen LogP contribution in [0, 0.1) is 6.92 Å². The fraction of sp³-hybridized carbons (Fsp3) is 0.786. The van der Waals surface area contributed by atoms with E-state index in [-0.39, 0.29) is 0 Å². The normalized spacial score (nSPS) is 19.7. The van der Waals surface area contributed by atoms with E-state index in [0.29, 0.717) is 6.04 Å². The van der Waals surface area contributed by atoms with Crippen molar-refractivity contribution in [1.29, 1.82) is 0 Å². The highest BCUT2D eigenvalue weighted by atomic mass is 15.4. The van der Waals surface area contributed by atoms with Crippen molar-refractivity contribution in [3.8, 4) is 0 Å². The fourth-order valence-corrected chi connectivity index (χ4v) is 2.90. The molecule has 1 unspecified atom stereocenters. The number of nitrogens with zero attached hydrogens (tertiary/aromatic N) is 4. The van der Waals surface area contributed by atoms with Crippen molar-refractivity contribution >= 4 is 5.82 Å². The lowest BCUT2D eigenvalue weighted by Crippen LogP contribution is -2.32. The zero-order valence-corrected chi connectivity index (χ0v) is 12.9. The van der Waals surface area contributed by atoms with Crippen molar-refractivity contribution in [2.45, 2.75) is 32.9 Å². The second kappa shape index (κ2) is 5.92. The van der Waals surface area contributed by atoms with E-state index in [1.54, 1.807) is 0 Å². The van der Waals surface area contributed by atoms with Gasteiger partial charge in [0.1, 0.15) is 5.82 Å². The molecule has 108 valence electrons. The number of anilines is 1. The van der Waals surface area contributed by atoms with Crippen molar-refractivity contribution in [3.05, 3.63) is 11.3 Å². The zero-order valence-electron chi connectivity index (χ0n) is 12.9. The summed E-state index contributed by atoms with van der Waals surface area (Å²) < 4.78 is 2.04. The van der Waals surface area contributed by atoms with Crippen LogP contribution in [0.3, 0.4) is 0 Å². The largest absolute Gasteiger partial charge is 0.355 e. The van der Waals surface area contributed by atoms with Gasteiger partial charge >= 0.3 is 0 Å². The van der Waals surface area contributed by atoms with E-state index in [0.717, 1.165) is 31.9 Å². The summed E-state index contributed by atoms with van der Waals surface area (Å²) in [5, 5.41) is 8.03. The molecule has 2 heterocycles. The van der Waals surface area contributed by atoms with Crippen molar-refractivity contribution < 1.29 is 0 Å². The Morgan fingerprint density at radius 3 is 2.74 bits per heavy atom. The van der Waals surface area contributed by atoms with Gasteiger partial charge in [0.05, 0.1) is 5.69 Å². The lowest BCUT2D eigenvalue weighted by molar-refractivity contribution is 0.315. The Morgan fingerprint density at radius 2 is 2.16 bits per heavy atom. The van der Waals surface area contributed by atoms with Gasteiger partial charge in [-0.25, -0.2) is 0 Å². The lowest BCUT2D eigenvalue weighted by Gasteiger charge is -2.23. The minimum absolute atomic E-state index is 0.655. The highest BCUT2D eigenvalue weighted by molar-refractivity contribution is 5.51. The number of aromatic nitrogens is 2. The maximum absolute atomic E-state index is 4.60. The summed E-state index contributed by atoms with van der Waals surface area (Å²) >= 11 is 0. The lowest BCUT2D eigenvalue weighted by atomic mass is 10.2. The van der Waals surface area contributed by atoms with E-state index in [1.807, 2.05) is 4.68 Å². The molecule has 0 saturated carbocycles. The molecule has 1 saturated heterocycles. The third-order valence-electron chi connectivity index (χ3n) is 4.06. The molecule has 19 heavy (non-hydrogen) atoms. The van der Waals surface area contributed by atoms with Gasteiger partial charge in [0.25, 0.3) is 0 Å². The Balaban J connectivity index is 2.19. The van der Waals surface area contributed by atoms with Crippen molar-refractivity contribution in [3.63, 3.8) is 0 Å². The Kier molecular flexibility index (Phi) is 4.47. The molecule has 0 aliphatic carbocycles. The summed E-state index contributed by atoms with van der Waals surface area (Å²) in [6, 6.07) is 0.655. The minimum atomic E-state index is 0.655. The Morgan fingerprint density at radius 1 is 1.42 bits per heavy atom. The first-order chi connectivity index (χ1) is 9.04. The van der Waals surface area contributed by atoms with Gasteiger partial charge in [-0.2, -0.15) is 5.10 Å². The molecule has 5 heteroatoms. The fourth-order valence-electron chi connectivity index (χ4n) is 2.90. The van der Waals surface area contributed by atoms with E-state index in [4.69, 9.17) is 0 Å². The molecule has 1 aromatic rings. The van der Waals surface area contributed by atoms with Gasteiger partial charge in [0.2, 0.25) is 0 Å². The molecule has 1 aromatic heterocycles. The van der Waals surface area contributed by atoms with Gasteiger partial charge in [-0.15, -0.1) is 0 Å². The van der Waals surface area contributed by atoms with E-state index in [9.17, 15) is 0 Å². The summed E-state index contributed by atoms with van der Waals surface area (Å²) in [5.41, 5.74) is 2.50. The van der Waals surface area contributed by atoms with Crippen LogP contribution >= 0.6 is 0 Å². The number of hydrogen-bond donors (Lipinski definition) is 1. The molecule has 1 atom stereocenters. The molecule has 1 aliphatic heterocycles. The summed E-state index contributed by atoms with van der Waals surface area (Å²) in [7, 11) is 6.39. The summed E-state index contributed by atoms with van der Waals surface area (Å²) in [5.74, 6) is 1.29. The number of nitrogens with one attached hydrogen (secondary N) is 1. The van der Waals surface area contributed by atoms with Crippen LogP contribution < -0.4 is 10.2 Å². The minimum Gasteiger partial charge on any atom is -0.355 e. The smallest absolute Gasteiger partial charge is 0.131 e. The Hall–Kier alpha value is -1.07. The monoisotopic (exact) mass is 265 g/mol. The molecule has 1 N–H and O–H groups in total. The Labute approximate surface area is 116 Å². The summed E-state index contributed by atoms with van der Waals surface area (Å²) in [4.78, 5) is 4.81. The van der Waals surface area contributed by atoms with Crippen LogP contribution in [-0.4, -0.2) is 54.5 Å². The molecule has 0 spiro atoms. The van der Waals surface area contributed by atoms with Crippen LogP contribution in [0.2, 0.25) is 0 Å². The molecule has 2 rings (SSSR count). The molecule has 5 nitrogen and oxygen atoms in total. The molecule has 0 bridgehead atoms. The maximum Gasteiger partial charge on any atom is 0.131 e. The predicted molar refractivity (Wildman–Crippen MR) is 79.6 cm³/mol. The van der Waals surface area contributed by atoms with E-state index >= 15 is 0 Å². The maximum atomic E-state index is 4.60. The van der Waals surface area contributed by atoms with Gasteiger partial charge in [-0.1, -0.05) is 6.92 Å². The third-order valence-corrected chi connectivity index (χ3v) is 4.06.